The van der Waals surface area contributed by atoms with Gasteiger partial charge in [0, 0.05) is 24.5 Å². The molecule has 1 aromatic rings. The van der Waals surface area contributed by atoms with Gasteiger partial charge in [0.15, 0.2) is 4.75 Å². The molecule has 3 rings (SSSR count). The van der Waals surface area contributed by atoms with Crippen LogP contribution in [-0.4, -0.2) is 60.9 Å². The fourth-order valence-corrected chi connectivity index (χ4v) is 3.94. The van der Waals surface area contributed by atoms with Gasteiger partial charge in [-0.05, 0) is 32.0 Å². The molecule has 24 heavy (non-hydrogen) atoms. The summed E-state index contributed by atoms with van der Waals surface area (Å²) in [5.74, 6) is -0.502. The van der Waals surface area contributed by atoms with E-state index in [9.17, 15) is 9.59 Å². The van der Waals surface area contributed by atoms with Crippen LogP contribution >= 0.6 is 11.8 Å². The van der Waals surface area contributed by atoms with Crippen molar-refractivity contribution >= 4 is 29.3 Å². The normalized spacial score (nSPS) is 24.1. The minimum atomic E-state index is -1.13. The minimum absolute atomic E-state index is 0.235. The molecule has 2 aliphatic rings. The molecule has 1 atom stereocenters. The van der Waals surface area contributed by atoms with Crippen LogP contribution in [0.3, 0.4) is 0 Å². The summed E-state index contributed by atoms with van der Waals surface area (Å²) < 4.78 is 4.19. The van der Waals surface area contributed by atoms with Crippen molar-refractivity contribution in [2.75, 3.05) is 44.7 Å². The lowest BCUT2D eigenvalue weighted by Crippen LogP contribution is -2.52. The number of para-hydroxylation sites is 1. The van der Waals surface area contributed by atoms with E-state index >= 15 is 0 Å². The van der Waals surface area contributed by atoms with E-state index in [4.69, 9.17) is 4.74 Å². The molecule has 0 aromatic heterocycles. The second-order valence-electron chi connectivity index (χ2n) is 6.15. The van der Waals surface area contributed by atoms with Gasteiger partial charge in [0.25, 0.3) is 0 Å². The van der Waals surface area contributed by atoms with Gasteiger partial charge in [-0.3, -0.25) is 14.5 Å². The van der Waals surface area contributed by atoms with Gasteiger partial charge in [-0.25, -0.2) is 0 Å². The Morgan fingerprint density at radius 1 is 1.38 bits per heavy atom. The number of benzene rings is 1. The Balaban J connectivity index is 1.51. The van der Waals surface area contributed by atoms with Crippen molar-refractivity contribution in [3.8, 4) is 0 Å². The SMILES string of the molecule is CC1(C(=O)NCCCN2CCOCC2)Sc2ccccc2NC1=O. The third kappa shape index (κ3) is 3.74. The van der Waals surface area contributed by atoms with Crippen molar-refractivity contribution in [1.82, 2.24) is 10.2 Å². The third-order valence-electron chi connectivity index (χ3n) is 4.36. The van der Waals surface area contributed by atoms with Crippen LogP contribution in [-0.2, 0) is 14.3 Å². The maximum absolute atomic E-state index is 12.6. The average molecular weight is 349 g/mol. The van der Waals surface area contributed by atoms with Crippen LogP contribution in [0.15, 0.2) is 29.2 Å². The zero-order valence-corrected chi connectivity index (χ0v) is 14.7. The predicted molar refractivity (Wildman–Crippen MR) is 94.2 cm³/mol. The molecule has 0 spiro atoms. The van der Waals surface area contributed by atoms with Crippen molar-refractivity contribution in [1.29, 1.82) is 0 Å². The number of amides is 2. The predicted octanol–water partition coefficient (Wildman–Crippen LogP) is 1.33. The van der Waals surface area contributed by atoms with E-state index in [1.54, 1.807) is 6.92 Å². The summed E-state index contributed by atoms with van der Waals surface area (Å²) in [6, 6.07) is 7.54. The molecule has 6 nitrogen and oxygen atoms in total. The average Bonchev–Trinajstić information content (AvgIpc) is 2.60. The molecule has 0 radical (unpaired) electrons. The van der Waals surface area contributed by atoms with E-state index in [0.29, 0.717) is 6.54 Å². The Morgan fingerprint density at radius 2 is 2.12 bits per heavy atom. The van der Waals surface area contributed by atoms with Gasteiger partial charge < -0.3 is 15.4 Å². The summed E-state index contributed by atoms with van der Waals surface area (Å²) >= 11 is 1.31. The summed E-state index contributed by atoms with van der Waals surface area (Å²) in [7, 11) is 0. The summed E-state index contributed by atoms with van der Waals surface area (Å²) in [5, 5.41) is 5.75. The molecule has 2 amide bonds. The fraction of sp³-hybridized carbons (Fsp3) is 0.529. The molecule has 2 heterocycles. The first-order valence-corrected chi connectivity index (χ1v) is 9.09. The zero-order chi connectivity index (χ0) is 17.0. The highest BCUT2D eigenvalue weighted by Crippen LogP contribution is 2.42. The second kappa shape index (κ2) is 7.55. The molecule has 0 bridgehead atoms. The van der Waals surface area contributed by atoms with Gasteiger partial charge in [0.05, 0.1) is 18.9 Å². The molecule has 2 N–H and O–H groups in total. The van der Waals surface area contributed by atoms with Gasteiger partial charge in [-0.2, -0.15) is 0 Å². The summed E-state index contributed by atoms with van der Waals surface area (Å²) in [6.07, 6.45) is 0.866. The zero-order valence-electron chi connectivity index (χ0n) is 13.8. The Morgan fingerprint density at radius 3 is 2.92 bits per heavy atom. The number of ether oxygens (including phenoxy) is 1. The standard InChI is InChI=1S/C17H23N3O3S/c1-17(16(22)19-13-5-2-3-6-14(13)24-17)15(21)18-7-4-8-20-9-11-23-12-10-20/h2-3,5-6H,4,7-12H2,1H3,(H,18,21)(H,19,22). The highest BCUT2D eigenvalue weighted by molar-refractivity contribution is 8.02. The van der Waals surface area contributed by atoms with E-state index in [1.165, 1.54) is 11.8 Å². The van der Waals surface area contributed by atoms with Gasteiger partial charge in [0.1, 0.15) is 0 Å². The molecule has 0 saturated carbocycles. The number of carbonyl (C=O) groups is 2. The number of anilines is 1. The number of rotatable bonds is 5. The van der Waals surface area contributed by atoms with Crippen LogP contribution in [0.4, 0.5) is 5.69 Å². The van der Waals surface area contributed by atoms with E-state index in [-0.39, 0.29) is 11.8 Å². The van der Waals surface area contributed by atoms with Crippen LogP contribution < -0.4 is 10.6 Å². The lowest BCUT2D eigenvalue weighted by Gasteiger charge is -2.32. The van der Waals surface area contributed by atoms with Crippen LogP contribution in [0.1, 0.15) is 13.3 Å². The quantitative estimate of drug-likeness (QED) is 0.620. The maximum atomic E-state index is 12.6. The van der Waals surface area contributed by atoms with E-state index in [1.807, 2.05) is 24.3 Å². The third-order valence-corrected chi connectivity index (χ3v) is 5.71. The lowest BCUT2D eigenvalue weighted by molar-refractivity contribution is -0.129. The largest absolute Gasteiger partial charge is 0.379 e. The van der Waals surface area contributed by atoms with Crippen LogP contribution in [0, 0.1) is 0 Å². The molecule has 1 aromatic carbocycles. The highest BCUT2D eigenvalue weighted by atomic mass is 32.2. The van der Waals surface area contributed by atoms with Crippen LogP contribution in [0.25, 0.3) is 0 Å². The number of nitrogens with one attached hydrogen (secondary N) is 2. The molecule has 1 saturated heterocycles. The molecule has 0 aliphatic carbocycles. The number of fused-ring (bicyclic) bond motifs is 1. The first-order valence-electron chi connectivity index (χ1n) is 8.27. The number of hydrogen-bond acceptors (Lipinski definition) is 5. The fourth-order valence-electron chi connectivity index (χ4n) is 2.81. The van der Waals surface area contributed by atoms with Gasteiger partial charge in [-0.15, -0.1) is 0 Å². The Labute approximate surface area is 146 Å². The number of carbonyl (C=O) groups excluding carboxylic acids is 2. The first-order chi connectivity index (χ1) is 11.6. The lowest BCUT2D eigenvalue weighted by atomic mass is 10.1. The van der Waals surface area contributed by atoms with Crippen LogP contribution in [0.5, 0.6) is 0 Å². The smallest absolute Gasteiger partial charge is 0.250 e. The molecule has 1 fully saturated rings. The number of nitrogens with zero attached hydrogens (tertiary/aromatic N) is 1. The van der Waals surface area contributed by atoms with Crippen molar-refractivity contribution in [3.05, 3.63) is 24.3 Å². The first kappa shape index (κ1) is 17.3. The van der Waals surface area contributed by atoms with Crippen molar-refractivity contribution in [3.63, 3.8) is 0 Å². The van der Waals surface area contributed by atoms with Gasteiger partial charge in [0.2, 0.25) is 11.8 Å². The summed E-state index contributed by atoms with van der Waals surface area (Å²) in [5.41, 5.74) is 0.769. The number of hydrogen-bond donors (Lipinski definition) is 2. The van der Waals surface area contributed by atoms with Crippen molar-refractivity contribution in [2.24, 2.45) is 0 Å². The van der Waals surface area contributed by atoms with E-state index < -0.39 is 4.75 Å². The second-order valence-corrected chi connectivity index (χ2v) is 7.61. The van der Waals surface area contributed by atoms with E-state index in [0.717, 1.165) is 49.9 Å². The molecule has 2 aliphatic heterocycles. The number of thioether (sulfide) groups is 1. The summed E-state index contributed by atoms with van der Waals surface area (Å²) in [4.78, 5) is 28.2. The van der Waals surface area contributed by atoms with Gasteiger partial charge in [-0.1, -0.05) is 23.9 Å². The molecule has 7 heteroatoms. The number of morpholine rings is 1. The Bertz CT molecular complexity index is 619. The van der Waals surface area contributed by atoms with Crippen molar-refractivity contribution < 1.29 is 14.3 Å². The molecule has 1 unspecified atom stereocenters. The Kier molecular flexibility index (Phi) is 5.43. The molecular weight excluding hydrogens is 326 g/mol. The monoisotopic (exact) mass is 349 g/mol. The topological polar surface area (TPSA) is 70.7 Å². The molecule has 130 valence electrons. The van der Waals surface area contributed by atoms with E-state index in [2.05, 4.69) is 15.5 Å². The maximum Gasteiger partial charge on any atom is 0.250 e. The van der Waals surface area contributed by atoms with Crippen LogP contribution in [0.2, 0.25) is 0 Å². The van der Waals surface area contributed by atoms with Crippen molar-refractivity contribution in [2.45, 2.75) is 23.0 Å². The van der Waals surface area contributed by atoms with Gasteiger partial charge >= 0.3 is 0 Å². The Hall–Kier alpha value is -1.57. The summed E-state index contributed by atoms with van der Waals surface area (Å²) in [6.45, 7) is 6.63. The minimum Gasteiger partial charge on any atom is -0.379 e. The highest BCUT2D eigenvalue weighted by Gasteiger charge is 2.45. The molecular formula is C17H23N3O3S.